The van der Waals surface area contributed by atoms with E-state index in [2.05, 4.69) is 9.80 Å². The summed E-state index contributed by atoms with van der Waals surface area (Å²) < 4.78 is 0. The standard InChI is InChI=1S/C13H19Cl2N3/c14-11-3-1-4-12(13(11)15)18-9-7-17(8-10-18)6-2-5-16/h1,3-4H,2,5-10,16H2. The van der Waals surface area contributed by atoms with Gasteiger partial charge in [0, 0.05) is 26.2 Å². The Balaban J connectivity index is 1.95. The van der Waals surface area contributed by atoms with Crippen LogP contribution in [0.5, 0.6) is 0 Å². The number of benzene rings is 1. The van der Waals surface area contributed by atoms with Crippen LogP contribution in [0.1, 0.15) is 6.42 Å². The maximum atomic E-state index is 6.24. The zero-order chi connectivity index (χ0) is 13.0. The smallest absolute Gasteiger partial charge is 0.0825 e. The zero-order valence-electron chi connectivity index (χ0n) is 10.4. The number of hydrogen-bond acceptors (Lipinski definition) is 3. The zero-order valence-corrected chi connectivity index (χ0v) is 11.9. The third-order valence-electron chi connectivity index (χ3n) is 3.32. The molecule has 100 valence electrons. The Hall–Kier alpha value is -0.480. The van der Waals surface area contributed by atoms with Crippen molar-refractivity contribution in [1.29, 1.82) is 0 Å². The van der Waals surface area contributed by atoms with Crippen molar-refractivity contribution in [2.75, 3.05) is 44.2 Å². The molecule has 1 heterocycles. The quantitative estimate of drug-likeness (QED) is 0.923. The molecule has 3 nitrogen and oxygen atoms in total. The lowest BCUT2D eigenvalue weighted by Gasteiger charge is -2.36. The second kappa shape index (κ2) is 6.62. The van der Waals surface area contributed by atoms with Crippen molar-refractivity contribution in [3.63, 3.8) is 0 Å². The molecule has 0 aliphatic carbocycles. The molecule has 1 fully saturated rings. The maximum absolute atomic E-state index is 6.24. The molecule has 0 bridgehead atoms. The number of halogens is 2. The molecule has 0 saturated carbocycles. The number of anilines is 1. The van der Waals surface area contributed by atoms with Gasteiger partial charge in [0.25, 0.3) is 0 Å². The average molecular weight is 288 g/mol. The summed E-state index contributed by atoms with van der Waals surface area (Å²) in [6.07, 6.45) is 1.07. The fraction of sp³-hybridized carbons (Fsp3) is 0.538. The molecule has 2 rings (SSSR count). The molecule has 0 spiro atoms. The molecule has 0 radical (unpaired) electrons. The van der Waals surface area contributed by atoms with Gasteiger partial charge in [-0.3, -0.25) is 4.90 Å². The largest absolute Gasteiger partial charge is 0.368 e. The number of nitrogens with two attached hydrogens (primary N) is 1. The Morgan fingerprint density at radius 3 is 2.50 bits per heavy atom. The van der Waals surface area contributed by atoms with E-state index in [1.807, 2.05) is 18.2 Å². The number of rotatable bonds is 4. The molecule has 0 unspecified atom stereocenters. The summed E-state index contributed by atoms with van der Waals surface area (Å²) in [4.78, 5) is 4.75. The van der Waals surface area contributed by atoms with Crippen LogP contribution in [0.4, 0.5) is 5.69 Å². The summed E-state index contributed by atoms with van der Waals surface area (Å²) in [5.74, 6) is 0. The van der Waals surface area contributed by atoms with Crippen LogP contribution in [-0.4, -0.2) is 44.2 Å². The van der Waals surface area contributed by atoms with Crippen LogP contribution in [0.15, 0.2) is 18.2 Å². The normalized spacial score (nSPS) is 17.2. The van der Waals surface area contributed by atoms with E-state index in [1.54, 1.807) is 0 Å². The fourth-order valence-electron chi connectivity index (χ4n) is 2.26. The van der Waals surface area contributed by atoms with E-state index >= 15 is 0 Å². The molecule has 1 aliphatic rings. The molecular weight excluding hydrogens is 269 g/mol. The lowest BCUT2D eigenvalue weighted by atomic mass is 10.2. The van der Waals surface area contributed by atoms with Gasteiger partial charge in [0.1, 0.15) is 0 Å². The Morgan fingerprint density at radius 2 is 1.83 bits per heavy atom. The molecule has 2 N–H and O–H groups in total. The van der Waals surface area contributed by atoms with Crippen LogP contribution < -0.4 is 10.6 Å². The van der Waals surface area contributed by atoms with Gasteiger partial charge in [-0.15, -0.1) is 0 Å². The summed E-state index contributed by atoms with van der Waals surface area (Å²) in [7, 11) is 0. The van der Waals surface area contributed by atoms with Gasteiger partial charge in [-0.25, -0.2) is 0 Å². The maximum Gasteiger partial charge on any atom is 0.0825 e. The number of piperazine rings is 1. The molecule has 1 aromatic carbocycles. The molecule has 18 heavy (non-hydrogen) atoms. The van der Waals surface area contributed by atoms with Crippen molar-refractivity contribution >= 4 is 28.9 Å². The van der Waals surface area contributed by atoms with Gasteiger partial charge < -0.3 is 10.6 Å². The molecule has 0 atom stereocenters. The van der Waals surface area contributed by atoms with E-state index in [1.165, 1.54) is 0 Å². The van der Waals surface area contributed by atoms with Crippen LogP contribution in [0, 0.1) is 0 Å². The van der Waals surface area contributed by atoms with Crippen LogP contribution >= 0.6 is 23.2 Å². The Kier molecular flexibility index (Phi) is 5.13. The lowest BCUT2D eigenvalue weighted by Crippen LogP contribution is -2.47. The first-order chi connectivity index (χ1) is 8.72. The summed E-state index contributed by atoms with van der Waals surface area (Å²) in [6.45, 7) is 5.95. The third-order valence-corrected chi connectivity index (χ3v) is 4.13. The van der Waals surface area contributed by atoms with Gasteiger partial charge in [0.2, 0.25) is 0 Å². The molecule has 1 saturated heterocycles. The molecule has 5 heteroatoms. The topological polar surface area (TPSA) is 32.5 Å². The monoisotopic (exact) mass is 287 g/mol. The minimum atomic E-state index is 0.625. The highest BCUT2D eigenvalue weighted by Gasteiger charge is 2.19. The number of nitrogens with zero attached hydrogens (tertiary/aromatic N) is 2. The van der Waals surface area contributed by atoms with Crippen LogP contribution in [-0.2, 0) is 0 Å². The minimum absolute atomic E-state index is 0.625. The third kappa shape index (κ3) is 3.29. The van der Waals surface area contributed by atoms with Gasteiger partial charge in [-0.05, 0) is 31.6 Å². The summed E-state index contributed by atoms with van der Waals surface area (Å²) in [6, 6.07) is 5.80. The molecule has 1 aromatic rings. The molecule has 0 aromatic heterocycles. The summed E-state index contributed by atoms with van der Waals surface area (Å²) in [5, 5.41) is 1.29. The second-order valence-electron chi connectivity index (χ2n) is 4.54. The Bertz CT molecular complexity index is 390. The number of hydrogen-bond donors (Lipinski definition) is 1. The van der Waals surface area contributed by atoms with Crippen LogP contribution in [0.2, 0.25) is 10.0 Å². The Morgan fingerprint density at radius 1 is 1.11 bits per heavy atom. The highest BCUT2D eigenvalue weighted by Crippen LogP contribution is 2.32. The van der Waals surface area contributed by atoms with Crippen molar-refractivity contribution in [2.45, 2.75) is 6.42 Å². The molecule has 1 aliphatic heterocycles. The van der Waals surface area contributed by atoms with Crippen molar-refractivity contribution in [3.8, 4) is 0 Å². The van der Waals surface area contributed by atoms with Crippen LogP contribution in [0.3, 0.4) is 0 Å². The van der Waals surface area contributed by atoms with Crippen molar-refractivity contribution < 1.29 is 0 Å². The highest BCUT2D eigenvalue weighted by atomic mass is 35.5. The van der Waals surface area contributed by atoms with Gasteiger partial charge in [-0.2, -0.15) is 0 Å². The highest BCUT2D eigenvalue weighted by molar-refractivity contribution is 6.43. The van der Waals surface area contributed by atoms with E-state index in [9.17, 15) is 0 Å². The molecule has 0 amide bonds. The summed E-state index contributed by atoms with van der Waals surface area (Å²) in [5.41, 5.74) is 6.58. The van der Waals surface area contributed by atoms with E-state index in [-0.39, 0.29) is 0 Å². The first kappa shape index (κ1) is 13.9. The van der Waals surface area contributed by atoms with Crippen LogP contribution in [0.25, 0.3) is 0 Å². The van der Waals surface area contributed by atoms with Gasteiger partial charge in [0.15, 0.2) is 0 Å². The van der Waals surface area contributed by atoms with E-state index in [0.29, 0.717) is 10.0 Å². The predicted octanol–water partition coefficient (Wildman–Crippen LogP) is 2.46. The van der Waals surface area contributed by atoms with E-state index in [0.717, 1.165) is 51.4 Å². The van der Waals surface area contributed by atoms with E-state index < -0.39 is 0 Å². The van der Waals surface area contributed by atoms with Crippen molar-refractivity contribution in [2.24, 2.45) is 5.73 Å². The minimum Gasteiger partial charge on any atom is -0.368 e. The fourth-order valence-corrected chi connectivity index (χ4v) is 2.68. The first-order valence-electron chi connectivity index (χ1n) is 6.33. The average Bonchev–Trinajstić information content (AvgIpc) is 2.40. The van der Waals surface area contributed by atoms with Crippen molar-refractivity contribution in [3.05, 3.63) is 28.2 Å². The molecular formula is C13H19Cl2N3. The van der Waals surface area contributed by atoms with Crippen molar-refractivity contribution in [1.82, 2.24) is 4.90 Å². The lowest BCUT2D eigenvalue weighted by molar-refractivity contribution is 0.256. The van der Waals surface area contributed by atoms with E-state index in [4.69, 9.17) is 28.9 Å². The van der Waals surface area contributed by atoms with Gasteiger partial charge >= 0.3 is 0 Å². The van der Waals surface area contributed by atoms with Gasteiger partial charge in [0.05, 0.1) is 15.7 Å². The first-order valence-corrected chi connectivity index (χ1v) is 7.09. The van der Waals surface area contributed by atoms with Gasteiger partial charge in [-0.1, -0.05) is 29.3 Å². The summed E-state index contributed by atoms with van der Waals surface area (Å²) >= 11 is 12.3. The Labute approximate surface area is 118 Å². The SMILES string of the molecule is NCCCN1CCN(c2cccc(Cl)c2Cl)CC1. The second-order valence-corrected chi connectivity index (χ2v) is 5.33. The predicted molar refractivity (Wildman–Crippen MR) is 78.8 cm³/mol.